The van der Waals surface area contributed by atoms with Crippen LogP contribution in [-0.2, 0) is 5.75 Å². The maximum atomic E-state index is 6.14. The van der Waals surface area contributed by atoms with E-state index in [0.29, 0.717) is 5.11 Å². The Morgan fingerprint density at radius 3 is 2.65 bits per heavy atom. The van der Waals surface area contributed by atoms with Crippen molar-refractivity contribution in [3.63, 3.8) is 0 Å². The number of aryl methyl sites for hydroxylation is 2. The molecule has 0 aliphatic rings. The fourth-order valence-electron chi connectivity index (χ4n) is 2.03. The summed E-state index contributed by atoms with van der Waals surface area (Å²) in [4.78, 5) is 0. The van der Waals surface area contributed by atoms with E-state index in [2.05, 4.69) is 42.7 Å². The number of hydrogen-bond donors (Lipinski definition) is 2. The van der Waals surface area contributed by atoms with Crippen LogP contribution in [0.1, 0.15) is 16.7 Å². The largest absolute Gasteiger partial charge is 0.362 e. The third-order valence-corrected chi connectivity index (χ3v) is 5.14. The van der Waals surface area contributed by atoms with Crippen molar-refractivity contribution < 1.29 is 0 Å². The molecule has 0 bridgehead atoms. The topological polar surface area (TPSA) is 24.1 Å². The lowest BCUT2D eigenvalue weighted by atomic mass is 10.1. The van der Waals surface area contributed by atoms with Crippen LogP contribution >= 0.6 is 35.6 Å². The summed E-state index contributed by atoms with van der Waals surface area (Å²) in [5.74, 6) is 1.89. The molecule has 0 amide bonds. The van der Waals surface area contributed by atoms with Gasteiger partial charge in [0.15, 0.2) is 5.11 Å². The molecule has 0 aliphatic carbocycles. The molecule has 0 spiro atoms. The van der Waals surface area contributed by atoms with Gasteiger partial charge in [-0.05, 0) is 61.0 Å². The van der Waals surface area contributed by atoms with Gasteiger partial charge in [-0.2, -0.15) is 11.8 Å². The highest BCUT2D eigenvalue weighted by molar-refractivity contribution is 7.98. The van der Waals surface area contributed by atoms with Crippen molar-refractivity contribution in [2.24, 2.45) is 0 Å². The first-order valence-electron chi connectivity index (χ1n) is 7.49. The second-order valence-corrected chi connectivity index (χ2v) is 7.24. The molecular weight excluding hydrogens is 344 g/mol. The molecular formula is C18H21ClN2S2. The van der Waals surface area contributed by atoms with Crippen LogP contribution in [0, 0.1) is 13.8 Å². The fourth-order valence-corrected chi connectivity index (χ4v) is 3.39. The Bertz CT molecular complexity index is 674. The summed E-state index contributed by atoms with van der Waals surface area (Å²) in [7, 11) is 0. The molecule has 2 nitrogen and oxygen atoms in total. The van der Waals surface area contributed by atoms with Crippen molar-refractivity contribution in [1.82, 2.24) is 5.32 Å². The third-order valence-electron chi connectivity index (χ3n) is 3.51. The summed E-state index contributed by atoms with van der Waals surface area (Å²) in [5.41, 5.74) is 4.74. The molecule has 0 unspecified atom stereocenters. The van der Waals surface area contributed by atoms with E-state index in [9.17, 15) is 0 Å². The van der Waals surface area contributed by atoms with Gasteiger partial charge in [0.05, 0.1) is 0 Å². The van der Waals surface area contributed by atoms with E-state index in [1.165, 1.54) is 16.7 Å². The van der Waals surface area contributed by atoms with Gasteiger partial charge in [-0.25, -0.2) is 0 Å². The highest BCUT2D eigenvalue weighted by Crippen LogP contribution is 2.20. The first kappa shape index (κ1) is 18.1. The summed E-state index contributed by atoms with van der Waals surface area (Å²) in [6.07, 6.45) is 0. The van der Waals surface area contributed by atoms with Gasteiger partial charge in [-0.1, -0.05) is 35.9 Å². The van der Waals surface area contributed by atoms with E-state index in [-0.39, 0.29) is 0 Å². The van der Waals surface area contributed by atoms with Crippen LogP contribution in [0.3, 0.4) is 0 Å². The lowest BCUT2D eigenvalue weighted by molar-refractivity contribution is 0.989. The maximum absolute atomic E-state index is 6.14. The zero-order valence-corrected chi connectivity index (χ0v) is 15.7. The smallest absolute Gasteiger partial charge is 0.170 e. The molecule has 122 valence electrons. The molecule has 23 heavy (non-hydrogen) atoms. The number of halogens is 1. The monoisotopic (exact) mass is 364 g/mol. The Morgan fingerprint density at radius 1 is 1.13 bits per heavy atom. The average Bonchev–Trinajstić information content (AvgIpc) is 2.52. The summed E-state index contributed by atoms with van der Waals surface area (Å²) < 4.78 is 0. The molecule has 0 aromatic heterocycles. The molecule has 0 aliphatic heterocycles. The van der Waals surface area contributed by atoms with Crippen molar-refractivity contribution in [3.05, 3.63) is 64.2 Å². The van der Waals surface area contributed by atoms with Gasteiger partial charge in [0.25, 0.3) is 0 Å². The Balaban J connectivity index is 1.67. The van der Waals surface area contributed by atoms with E-state index >= 15 is 0 Å². The predicted octanol–water partition coefficient (Wildman–Crippen LogP) is 5.18. The van der Waals surface area contributed by atoms with Crippen molar-refractivity contribution in [2.75, 3.05) is 17.6 Å². The second kappa shape index (κ2) is 9.16. The molecule has 2 N–H and O–H groups in total. The minimum absolute atomic E-state index is 0.659. The molecule has 5 heteroatoms. The number of thioether (sulfide) groups is 1. The average molecular weight is 365 g/mol. The van der Waals surface area contributed by atoms with Gasteiger partial charge in [-0.15, -0.1) is 0 Å². The van der Waals surface area contributed by atoms with Crippen LogP contribution in [0.5, 0.6) is 0 Å². The minimum Gasteiger partial charge on any atom is -0.362 e. The van der Waals surface area contributed by atoms with Crippen molar-refractivity contribution >= 4 is 46.4 Å². The Morgan fingerprint density at radius 2 is 1.91 bits per heavy atom. The van der Waals surface area contributed by atoms with Gasteiger partial charge >= 0.3 is 0 Å². The number of benzene rings is 2. The normalized spacial score (nSPS) is 10.4. The molecule has 0 saturated heterocycles. The zero-order chi connectivity index (χ0) is 16.7. The van der Waals surface area contributed by atoms with Gasteiger partial charge in [-0.3, -0.25) is 0 Å². The third kappa shape index (κ3) is 6.05. The summed E-state index contributed by atoms with van der Waals surface area (Å²) in [6, 6.07) is 14.2. The SMILES string of the molecule is Cc1ccc(NC(=S)NCCSCc2ccccc2Cl)cc1C. The number of hydrogen-bond acceptors (Lipinski definition) is 2. The van der Waals surface area contributed by atoms with E-state index < -0.39 is 0 Å². The molecule has 2 aromatic rings. The Labute approximate surface area is 153 Å². The van der Waals surface area contributed by atoms with Crippen molar-refractivity contribution in [3.8, 4) is 0 Å². The summed E-state index contributed by atoms with van der Waals surface area (Å²) in [5, 5.41) is 7.94. The number of nitrogens with one attached hydrogen (secondary N) is 2. The van der Waals surface area contributed by atoms with Crippen molar-refractivity contribution in [1.29, 1.82) is 0 Å². The molecule has 0 fully saturated rings. The van der Waals surface area contributed by atoms with E-state index in [0.717, 1.165) is 28.8 Å². The molecule has 2 rings (SSSR count). The van der Waals surface area contributed by atoms with E-state index in [1.807, 2.05) is 36.0 Å². The predicted molar refractivity (Wildman–Crippen MR) is 108 cm³/mol. The molecule has 0 heterocycles. The van der Waals surface area contributed by atoms with Crippen LogP contribution in [-0.4, -0.2) is 17.4 Å². The van der Waals surface area contributed by atoms with Gasteiger partial charge in [0.1, 0.15) is 0 Å². The second-order valence-electron chi connectivity index (χ2n) is 5.32. The van der Waals surface area contributed by atoms with Crippen LogP contribution < -0.4 is 10.6 Å². The number of anilines is 1. The van der Waals surface area contributed by atoms with Gasteiger partial charge < -0.3 is 10.6 Å². The van der Waals surface area contributed by atoms with E-state index in [4.69, 9.17) is 23.8 Å². The molecule has 2 aromatic carbocycles. The van der Waals surface area contributed by atoms with Crippen LogP contribution in [0.4, 0.5) is 5.69 Å². The highest BCUT2D eigenvalue weighted by atomic mass is 35.5. The quantitative estimate of drug-likeness (QED) is 0.545. The fraction of sp³-hybridized carbons (Fsp3) is 0.278. The van der Waals surface area contributed by atoms with Gasteiger partial charge in [0, 0.05) is 28.8 Å². The maximum Gasteiger partial charge on any atom is 0.170 e. The van der Waals surface area contributed by atoms with Crippen molar-refractivity contribution in [2.45, 2.75) is 19.6 Å². The number of rotatable bonds is 6. The van der Waals surface area contributed by atoms with Crippen LogP contribution in [0.15, 0.2) is 42.5 Å². The van der Waals surface area contributed by atoms with Crippen LogP contribution in [0.2, 0.25) is 5.02 Å². The summed E-state index contributed by atoms with van der Waals surface area (Å²) >= 11 is 13.3. The van der Waals surface area contributed by atoms with Crippen LogP contribution in [0.25, 0.3) is 0 Å². The first-order valence-corrected chi connectivity index (χ1v) is 9.43. The Hall–Kier alpha value is -1.23. The van der Waals surface area contributed by atoms with E-state index in [1.54, 1.807) is 0 Å². The summed E-state index contributed by atoms with van der Waals surface area (Å²) in [6.45, 7) is 5.03. The Kier molecular flexibility index (Phi) is 7.21. The lowest BCUT2D eigenvalue weighted by Gasteiger charge is -2.12. The highest BCUT2D eigenvalue weighted by Gasteiger charge is 2.01. The standard InChI is InChI=1S/C18H21ClN2S2/c1-13-7-8-16(11-14(13)2)21-18(22)20-9-10-23-12-15-5-3-4-6-17(15)19/h3-8,11H,9-10,12H2,1-2H3,(H2,20,21,22). The first-order chi connectivity index (χ1) is 11.1. The molecule has 0 saturated carbocycles. The molecule has 0 radical (unpaired) electrons. The van der Waals surface area contributed by atoms with Gasteiger partial charge in [0.2, 0.25) is 0 Å². The molecule has 0 atom stereocenters. The number of thiocarbonyl (C=S) groups is 1. The lowest BCUT2D eigenvalue weighted by Crippen LogP contribution is -2.30. The zero-order valence-electron chi connectivity index (χ0n) is 13.4. The minimum atomic E-state index is 0.659.